The summed E-state index contributed by atoms with van der Waals surface area (Å²) < 4.78 is 26.1. The Bertz CT molecular complexity index is 542. The number of rotatable bonds is 1. The summed E-state index contributed by atoms with van der Waals surface area (Å²) in [5, 5.41) is 8.97. The van der Waals surface area contributed by atoms with Crippen molar-refractivity contribution in [3.8, 4) is 0 Å². The molecule has 0 bridgehead atoms. The van der Waals surface area contributed by atoms with Crippen molar-refractivity contribution in [1.82, 2.24) is 4.90 Å². The van der Waals surface area contributed by atoms with E-state index in [0.29, 0.717) is 0 Å². The third-order valence-corrected chi connectivity index (χ3v) is 3.44. The Kier molecular flexibility index (Phi) is 2.34. The standard InChI is InChI=1S/C9H10N2O4S/c1-6-4-7(9(12)13)8-10-16(14,15)3-2-11(8)5-6/h4-5H,2-3H2,1H3,(H,12,13). The van der Waals surface area contributed by atoms with Crippen LogP contribution in [0.3, 0.4) is 0 Å². The summed E-state index contributed by atoms with van der Waals surface area (Å²) in [5.74, 6) is -1.26. The van der Waals surface area contributed by atoms with Crippen LogP contribution in [0.5, 0.6) is 0 Å². The van der Waals surface area contributed by atoms with E-state index < -0.39 is 16.0 Å². The van der Waals surface area contributed by atoms with Crippen LogP contribution in [0.2, 0.25) is 0 Å². The zero-order chi connectivity index (χ0) is 11.9. The van der Waals surface area contributed by atoms with Crippen molar-refractivity contribution in [1.29, 1.82) is 0 Å². The fraction of sp³-hybridized carbons (Fsp3) is 0.333. The molecule has 2 aliphatic rings. The molecule has 0 unspecified atom stereocenters. The molecule has 0 aromatic rings. The molecule has 0 amide bonds. The number of aliphatic carboxylic acids is 1. The summed E-state index contributed by atoms with van der Waals surface area (Å²) in [6.07, 6.45) is 3.11. The molecule has 0 aromatic carbocycles. The summed E-state index contributed by atoms with van der Waals surface area (Å²) in [7, 11) is -3.52. The van der Waals surface area contributed by atoms with E-state index in [-0.39, 0.29) is 23.7 Å². The lowest BCUT2D eigenvalue weighted by Crippen LogP contribution is -2.40. The van der Waals surface area contributed by atoms with Crippen LogP contribution in [0, 0.1) is 0 Å². The molecule has 7 heteroatoms. The molecule has 86 valence electrons. The Morgan fingerprint density at radius 1 is 1.56 bits per heavy atom. The van der Waals surface area contributed by atoms with Crippen LogP contribution in [-0.2, 0) is 14.8 Å². The number of hydrogen-bond donors (Lipinski definition) is 1. The molecule has 0 fully saturated rings. The van der Waals surface area contributed by atoms with Crippen molar-refractivity contribution < 1.29 is 18.3 Å². The fourth-order valence-electron chi connectivity index (χ4n) is 1.61. The number of amidine groups is 1. The number of nitrogens with zero attached hydrogens (tertiary/aromatic N) is 2. The molecule has 0 aromatic heterocycles. The number of allylic oxidation sites excluding steroid dienone is 2. The van der Waals surface area contributed by atoms with Crippen LogP contribution in [-0.4, -0.2) is 42.5 Å². The van der Waals surface area contributed by atoms with E-state index in [1.54, 1.807) is 18.0 Å². The Labute approximate surface area is 92.6 Å². The van der Waals surface area contributed by atoms with Gasteiger partial charge >= 0.3 is 5.97 Å². The second kappa shape index (κ2) is 3.44. The molecule has 16 heavy (non-hydrogen) atoms. The van der Waals surface area contributed by atoms with Crippen molar-refractivity contribution >= 4 is 21.8 Å². The van der Waals surface area contributed by atoms with Crippen LogP contribution in [0.4, 0.5) is 0 Å². The lowest BCUT2D eigenvalue weighted by molar-refractivity contribution is -0.132. The molecule has 6 nitrogen and oxygen atoms in total. The number of hydrogen-bond acceptors (Lipinski definition) is 4. The van der Waals surface area contributed by atoms with Gasteiger partial charge in [0.05, 0.1) is 5.75 Å². The zero-order valence-electron chi connectivity index (χ0n) is 8.54. The van der Waals surface area contributed by atoms with Gasteiger partial charge in [-0.05, 0) is 18.6 Å². The predicted molar refractivity (Wildman–Crippen MR) is 57.4 cm³/mol. The molecule has 0 saturated heterocycles. The molecule has 2 heterocycles. The van der Waals surface area contributed by atoms with E-state index in [1.165, 1.54) is 6.08 Å². The van der Waals surface area contributed by atoms with Crippen LogP contribution in [0.25, 0.3) is 0 Å². The van der Waals surface area contributed by atoms with E-state index in [1.807, 2.05) is 0 Å². The summed E-state index contributed by atoms with van der Waals surface area (Å²) in [6.45, 7) is 1.99. The van der Waals surface area contributed by atoms with Gasteiger partial charge in [0.1, 0.15) is 5.57 Å². The second-order valence-electron chi connectivity index (χ2n) is 3.63. The van der Waals surface area contributed by atoms with Crippen LogP contribution < -0.4 is 0 Å². The monoisotopic (exact) mass is 242 g/mol. The van der Waals surface area contributed by atoms with Gasteiger partial charge in [-0.15, -0.1) is 4.40 Å². The van der Waals surface area contributed by atoms with Crippen LogP contribution in [0.15, 0.2) is 27.8 Å². The summed E-state index contributed by atoms with van der Waals surface area (Å²) >= 11 is 0. The average molecular weight is 242 g/mol. The minimum absolute atomic E-state index is 0.00403. The fourth-order valence-corrected chi connectivity index (χ4v) is 2.60. The van der Waals surface area contributed by atoms with Gasteiger partial charge in [-0.2, -0.15) is 0 Å². The van der Waals surface area contributed by atoms with Crippen molar-refractivity contribution in [2.75, 3.05) is 12.3 Å². The first kappa shape index (κ1) is 10.9. The Morgan fingerprint density at radius 3 is 2.88 bits per heavy atom. The SMILES string of the molecule is CC1=CN2CCS(=O)(=O)N=C2C(C(=O)O)=C1. The number of carboxylic acid groups (broad SMARTS) is 1. The molecule has 0 saturated carbocycles. The van der Waals surface area contributed by atoms with E-state index >= 15 is 0 Å². The van der Waals surface area contributed by atoms with Gasteiger partial charge < -0.3 is 10.0 Å². The number of sulfonamides is 1. The van der Waals surface area contributed by atoms with E-state index in [4.69, 9.17) is 5.11 Å². The second-order valence-corrected chi connectivity index (χ2v) is 5.39. The largest absolute Gasteiger partial charge is 0.478 e. The molecular formula is C9H10N2O4S. The van der Waals surface area contributed by atoms with Gasteiger partial charge in [-0.1, -0.05) is 0 Å². The van der Waals surface area contributed by atoms with E-state index in [2.05, 4.69) is 4.40 Å². The van der Waals surface area contributed by atoms with E-state index in [9.17, 15) is 13.2 Å². The lowest BCUT2D eigenvalue weighted by atomic mass is 10.1. The van der Waals surface area contributed by atoms with Crippen LogP contribution in [0.1, 0.15) is 6.92 Å². The highest BCUT2D eigenvalue weighted by Crippen LogP contribution is 2.20. The Balaban J connectivity index is 2.56. The molecule has 0 radical (unpaired) electrons. The third-order valence-electron chi connectivity index (χ3n) is 2.29. The molecule has 1 N–H and O–H groups in total. The van der Waals surface area contributed by atoms with Gasteiger partial charge in [0.15, 0.2) is 5.84 Å². The van der Waals surface area contributed by atoms with Crippen molar-refractivity contribution in [3.05, 3.63) is 23.4 Å². The molecule has 0 spiro atoms. The number of carbonyl (C=O) groups is 1. The minimum atomic E-state index is -3.52. The predicted octanol–water partition coefficient (Wildman–Crippen LogP) is -0.0413. The molecule has 2 rings (SSSR count). The normalized spacial score (nSPS) is 22.8. The summed E-state index contributed by atoms with van der Waals surface area (Å²) in [6, 6.07) is 0. The quantitative estimate of drug-likeness (QED) is 0.697. The number of carboxylic acids is 1. The van der Waals surface area contributed by atoms with Crippen molar-refractivity contribution in [2.24, 2.45) is 4.40 Å². The molecule has 0 atom stereocenters. The van der Waals surface area contributed by atoms with Crippen molar-refractivity contribution in [2.45, 2.75) is 6.92 Å². The number of fused-ring (bicyclic) bond motifs is 1. The van der Waals surface area contributed by atoms with Gasteiger partial charge in [0.25, 0.3) is 10.0 Å². The Morgan fingerprint density at radius 2 is 2.25 bits per heavy atom. The third kappa shape index (κ3) is 1.85. The minimum Gasteiger partial charge on any atom is -0.478 e. The molecular weight excluding hydrogens is 232 g/mol. The summed E-state index contributed by atoms with van der Waals surface area (Å²) in [5.41, 5.74) is 0.680. The first-order chi connectivity index (χ1) is 7.39. The maximum Gasteiger partial charge on any atom is 0.339 e. The van der Waals surface area contributed by atoms with Gasteiger partial charge in [0, 0.05) is 12.7 Å². The van der Waals surface area contributed by atoms with Crippen LogP contribution >= 0.6 is 0 Å². The van der Waals surface area contributed by atoms with Gasteiger partial charge in [-0.3, -0.25) is 0 Å². The maximum absolute atomic E-state index is 11.3. The van der Waals surface area contributed by atoms with Gasteiger partial charge in [0.2, 0.25) is 0 Å². The van der Waals surface area contributed by atoms with Gasteiger partial charge in [-0.25, -0.2) is 13.2 Å². The highest BCUT2D eigenvalue weighted by Gasteiger charge is 2.30. The first-order valence-corrected chi connectivity index (χ1v) is 6.23. The lowest BCUT2D eigenvalue weighted by Gasteiger charge is -2.29. The zero-order valence-corrected chi connectivity index (χ0v) is 9.36. The Hall–Kier alpha value is -1.63. The highest BCUT2D eigenvalue weighted by atomic mass is 32.2. The highest BCUT2D eigenvalue weighted by molar-refractivity contribution is 7.90. The molecule has 2 aliphatic heterocycles. The maximum atomic E-state index is 11.3. The topological polar surface area (TPSA) is 87.0 Å². The van der Waals surface area contributed by atoms with Crippen molar-refractivity contribution in [3.63, 3.8) is 0 Å². The first-order valence-electron chi connectivity index (χ1n) is 4.62. The smallest absolute Gasteiger partial charge is 0.339 e. The van der Waals surface area contributed by atoms with E-state index in [0.717, 1.165) is 5.57 Å². The molecule has 0 aliphatic carbocycles. The summed E-state index contributed by atoms with van der Waals surface area (Å²) in [4.78, 5) is 12.5. The average Bonchev–Trinajstić information content (AvgIpc) is 2.16.